The van der Waals surface area contributed by atoms with E-state index in [9.17, 15) is 24.3 Å². The third kappa shape index (κ3) is 5.69. The number of aliphatic hydroxyl groups excluding tert-OH is 1. The number of benzene rings is 2. The average Bonchev–Trinajstić information content (AvgIpc) is 2.86. The third-order valence-electron chi connectivity index (χ3n) is 4.99. The molecule has 0 atom stereocenters. The van der Waals surface area contributed by atoms with Gasteiger partial charge in [0.15, 0.2) is 33.9 Å². The van der Waals surface area contributed by atoms with Crippen molar-refractivity contribution in [1.29, 1.82) is 0 Å². The fourth-order valence-corrected chi connectivity index (χ4v) is 3.36. The molecule has 36 heavy (non-hydrogen) atoms. The summed E-state index contributed by atoms with van der Waals surface area (Å²) in [6.07, 6.45) is -1.11. The van der Waals surface area contributed by atoms with Crippen LogP contribution in [0.15, 0.2) is 67.0 Å². The van der Waals surface area contributed by atoms with E-state index >= 15 is 0 Å². The third-order valence-corrected chi connectivity index (χ3v) is 4.99. The second kappa shape index (κ2) is 11.5. The highest BCUT2D eigenvalue weighted by atomic mass is 16.5. The van der Waals surface area contributed by atoms with Crippen molar-refractivity contribution in [2.75, 3.05) is 13.2 Å². The Hall–Kier alpha value is -4.24. The van der Waals surface area contributed by atoms with Gasteiger partial charge in [-0.05, 0) is 24.3 Å². The molecule has 0 bridgehead atoms. The second-order valence-corrected chi connectivity index (χ2v) is 7.60. The summed E-state index contributed by atoms with van der Waals surface area (Å²) in [5.74, 6) is -0.502. The van der Waals surface area contributed by atoms with Crippen LogP contribution in [-0.2, 0) is 0 Å². The van der Waals surface area contributed by atoms with E-state index < -0.39 is 17.0 Å². The zero-order chi connectivity index (χ0) is 26.4. The first-order chi connectivity index (χ1) is 17.2. The molecule has 2 aromatic carbocycles. The molecular weight excluding hydrogens is 468 g/mol. The molecule has 4 rings (SSSR count). The van der Waals surface area contributed by atoms with Gasteiger partial charge in [-0.25, -0.2) is 0 Å². The predicted octanol–water partition coefficient (Wildman–Crippen LogP) is 4.15. The number of Topliss-reactive ketones (excluding diaryl/α,β-unsaturated/α-hetero) is 2. The number of ether oxygens (including phenoxy) is 2. The van der Waals surface area contributed by atoms with Crippen LogP contribution in [-0.4, -0.2) is 36.0 Å². The Bertz CT molecular complexity index is 1410. The Morgan fingerprint density at radius 2 is 1.17 bits per heavy atom. The highest BCUT2D eigenvalue weighted by Gasteiger charge is 2.16. The Morgan fingerprint density at radius 3 is 1.53 bits per heavy atom. The number of fused-ring (bicyclic) bond motifs is 2. The minimum atomic E-state index is -1.11. The normalized spacial score (nSPS) is 10.7. The first-order valence-electron chi connectivity index (χ1n) is 11.3. The van der Waals surface area contributed by atoms with Gasteiger partial charge in [0, 0.05) is 26.0 Å². The smallest absolute Gasteiger partial charge is 0.197 e. The van der Waals surface area contributed by atoms with Crippen LogP contribution in [0.5, 0.6) is 11.5 Å². The topological polar surface area (TPSA) is 133 Å². The van der Waals surface area contributed by atoms with E-state index in [-0.39, 0.29) is 69.7 Å². The lowest BCUT2D eigenvalue weighted by Gasteiger charge is -2.15. The van der Waals surface area contributed by atoms with Crippen LogP contribution in [0, 0.1) is 0 Å². The monoisotopic (exact) mass is 494 g/mol. The van der Waals surface area contributed by atoms with Crippen molar-refractivity contribution in [1.82, 2.24) is 0 Å². The summed E-state index contributed by atoms with van der Waals surface area (Å²) >= 11 is 0. The van der Waals surface area contributed by atoms with Gasteiger partial charge in [0.25, 0.3) is 0 Å². The number of carbonyl (C=O) groups is 2. The summed E-state index contributed by atoms with van der Waals surface area (Å²) in [5.41, 5.74) is -0.512. The van der Waals surface area contributed by atoms with Crippen LogP contribution >= 0.6 is 0 Å². The zero-order valence-electron chi connectivity index (χ0n) is 20.3. The number of ketones is 2. The molecular formula is C27H26O9. The summed E-state index contributed by atoms with van der Waals surface area (Å²) in [5, 5.41) is 10.6. The molecule has 0 saturated carbocycles. The first-order valence-corrected chi connectivity index (χ1v) is 11.3. The number of carbonyl (C=O) groups excluding carboxylic acids is 2. The highest BCUT2D eigenvalue weighted by molar-refractivity contribution is 5.94. The maximum Gasteiger partial charge on any atom is 0.197 e. The van der Waals surface area contributed by atoms with Gasteiger partial charge in [-0.1, -0.05) is 26.0 Å². The molecule has 9 nitrogen and oxygen atoms in total. The van der Waals surface area contributed by atoms with Crippen LogP contribution in [0.25, 0.3) is 21.9 Å². The van der Waals surface area contributed by atoms with Gasteiger partial charge in [-0.2, -0.15) is 0 Å². The molecule has 0 radical (unpaired) electrons. The lowest BCUT2D eigenvalue weighted by Crippen LogP contribution is -2.25. The van der Waals surface area contributed by atoms with Crippen molar-refractivity contribution in [2.45, 2.75) is 33.8 Å². The van der Waals surface area contributed by atoms with Crippen LogP contribution in [0.2, 0.25) is 0 Å². The molecule has 9 heteroatoms. The van der Waals surface area contributed by atoms with Gasteiger partial charge in [-0.3, -0.25) is 19.2 Å². The molecule has 0 spiro atoms. The molecule has 4 aromatic rings. The van der Waals surface area contributed by atoms with Crippen molar-refractivity contribution in [2.24, 2.45) is 0 Å². The summed E-state index contributed by atoms with van der Waals surface area (Å²) in [6.45, 7) is 6.15. The van der Waals surface area contributed by atoms with Crippen LogP contribution in [0.3, 0.4) is 0 Å². The minimum absolute atomic E-state index is 0.0573. The SMILES string of the molecule is CC.CC(=O)c1cc(=O)c2c(OCC(O)COc3cccc4oc(C(C)=O)cc(=O)c34)cccc2o1. The van der Waals surface area contributed by atoms with Gasteiger partial charge in [0.1, 0.15) is 52.8 Å². The molecule has 188 valence electrons. The van der Waals surface area contributed by atoms with Gasteiger partial charge in [0.05, 0.1) is 0 Å². The zero-order valence-corrected chi connectivity index (χ0v) is 20.3. The molecule has 0 aliphatic carbocycles. The first kappa shape index (κ1) is 26.4. The van der Waals surface area contributed by atoms with Gasteiger partial charge < -0.3 is 23.4 Å². The predicted molar refractivity (Wildman–Crippen MR) is 133 cm³/mol. The van der Waals surface area contributed by atoms with E-state index in [0.717, 1.165) is 12.1 Å². The number of aliphatic hydroxyl groups is 1. The van der Waals surface area contributed by atoms with E-state index in [1.807, 2.05) is 13.8 Å². The molecule has 0 aliphatic rings. The summed E-state index contributed by atoms with van der Waals surface area (Å²) in [7, 11) is 0. The lowest BCUT2D eigenvalue weighted by atomic mass is 10.2. The van der Waals surface area contributed by atoms with Gasteiger partial charge >= 0.3 is 0 Å². The van der Waals surface area contributed by atoms with Gasteiger partial charge in [0.2, 0.25) is 0 Å². The van der Waals surface area contributed by atoms with Crippen molar-refractivity contribution < 1.29 is 33.0 Å². The van der Waals surface area contributed by atoms with E-state index in [0.29, 0.717) is 0 Å². The van der Waals surface area contributed by atoms with E-state index in [2.05, 4.69) is 0 Å². The Balaban J connectivity index is 0.00000176. The van der Waals surface area contributed by atoms with Crippen molar-refractivity contribution >= 4 is 33.5 Å². The van der Waals surface area contributed by atoms with Crippen molar-refractivity contribution in [3.05, 3.63) is 80.5 Å². The molecule has 2 aromatic heterocycles. The number of hydrogen-bond donors (Lipinski definition) is 1. The minimum Gasteiger partial charge on any atom is -0.490 e. The molecule has 0 saturated heterocycles. The maximum absolute atomic E-state index is 12.5. The average molecular weight is 494 g/mol. The van der Waals surface area contributed by atoms with Crippen molar-refractivity contribution in [3.63, 3.8) is 0 Å². The standard InChI is InChI=1S/C25H20O9.C2H6/c1-13(26)22-9-16(29)24-18(5-3-7-20(24)33-22)31-11-15(28)12-32-19-6-4-8-21-25(19)17(30)10-23(34-21)14(2)27;1-2/h3-10,15,28H,11-12H2,1-2H3;1-2H3. The van der Waals surface area contributed by atoms with Crippen LogP contribution in [0.4, 0.5) is 0 Å². The molecule has 2 heterocycles. The van der Waals surface area contributed by atoms with Crippen LogP contribution < -0.4 is 20.3 Å². The van der Waals surface area contributed by atoms with E-state index in [1.165, 1.54) is 13.8 Å². The maximum atomic E-state index is 12.5. The summed E-state index contributed by atoms with van der Waals surface area (Å²) in [6, 6.07) is 11.6. The number of hydrogen-bond acceptors (Lipinski definition) is 9. The molecule has 1 N–H and O–H groups in total. The van der Waals surface area contributed by atoms with E-state index in [4.69, 9.17) is 18.3 Å². The Labute approximate surface area is 205 Å². The molecule has 0 amide bonds. The fraction of sp³-hybridized carbons (Fsp3) is 0.259. The Kier molecular flexibility index (Phi) is 8.39. The van der Waals surface area contributed by atoms with Crippen molar-refractivity contribution in [3.8, 4) is 11.5 Å². The van der Waals surface area contributed by atoms with E-state index in [1.54, 1.807) is 36.4 Å². The summed E-state index contributed by atoms with van der Waals surface area (Å²) < 4.78 is 22.1. The molecule has 0 fully saturated rings. The van der Waals surface area contributed by atoms with Gasteiger partial charge in [-0.15, -0.1) is 0 Å². The summed E-state index contributed by atoms with van der Waals surface area (Å²) in [4.78, 5) is 48.0. The fourth-order valence-electron chi connectivity index (χ4n) is 3.36. The lowest BCUT2D eigenvalue weighted by molar-refractivity contribution is 0.0636. The molecule has 0 aliphatic heterocycles. The highest BCUT2D eigenvalue weighted by Crippen LogP contribution is 2.25. The second-order valence-electron chi connectivity index (χ2n) is 7.60. The number of rotatable bonds is 8. The Morgan fingerprint density at radius 1 is 0.778 bits per heavy atom. The quantitative estimate of drug-likeness (QED) is 0.359. The largest absolute Gasteiger partial charge is 0.490 e. The molecule has 0 unspecified atom stereocenters. The van der Waals surface area contributed by atoms with Crippen LogP contribution in [0.1, 0.15) is 48.8 Å².